The monoisotopic (exact) mass is 269 g/mol. The molecule has 19 heavy (non-hydrogen) atoms. The van der Waals surface area contributed by atoms with E-state index in [0.29, 0.717) is 12.5 Å². The van der Waals surface area contributed by atoms with E-state index in [0.717, 1.165) is 38.9 Å². The zero-order valence-electron chi connectivity index (χ0n) is 13.1. The molecule has 1 atom stereocenters. The maximum Gasteiger partial charge on any atom is 0.320 e. The quantitative estimate of drug-likeness (QED) is 0.834. The Morgan fingerprint density at radius 1 is 1.37 bits per heavy atom. The Balaban J connectivity index is 2.85. The predicted molar refractivity (Wildman–Crippen MR) is 80.1 cm³/mol. The van der Waals surface area contributed by atoms with Crippen LogP contribution >= 0.6 is 0 Å². The fourth-order valence-corrected chi connectivity index (χ4v) is 3.24. The third kappa shape index (κ3) is 3.41. The van der Waals surface area contributed by atoms with Gasteiger partial charge in [0.15, 0.2) is 0 Å². The SMILES string of the molecule is CCN(C(=O)N1CCCC(C)C1)C(CC)(CC)CN. The van der Waals surface area contributed by atoms with Crippen LogP contribution in [0.3, 0.4) is 0 Å². The molecule has 1 aliphatic rings. The van der Waals surface area contributed by atoms with Gasteiger partial charge in [0.25, 0.3) is 0 Å². The Morgan fingerprint density at radius 3 is 2.42 bits per heavy atom. The first-order valence-corrected chi connectivity index (χ1v) is 7.81. The molecule has 2 N–H and O–H groups in total. The number of likely N-dealkylation sites (tertiary alicyclic amines) is 1. The number of likely N-dealkylation sites (N-methyl/N-ethyl adjacent to an activating group) is 1. The minimum Gasteiger partial charge on any atom is -0.328 e. The van der Waals surface area contributed by atoms with Crippen LogP contribution in [0.1, 0.15) is 53.4 Å². The van der Waals surface area contributed by atoms with Crippen LogP contribution in [0.4, 0.5) is 4.79 Å². The third-order valence-corrected chi connectivity index (χ3v) is 4.74. The molecule has 1 unspecified atom stereocenters. The molecular formula is C15H31N3O. The van der Waals surface area contributed by atoms with Crippen molar-refractivity contribution >= 4 is 6.03 Å². The molecule has 2 amide bonds. The summed E-state index contributed by atoms with van der Waals surface area (Å²) in [5, 5.41) is 0. The molecule has 1 rings (SSSR count). The van der Waals surface area contributed by atoms with Crippen LogP contribution < -0.4 is 5.73 Å². The largest absolute Gasteiger partial charge is 0.328 e. The van der Waals surface area contributed by atoms with Crippen molar-refractivity contribution in [2.45, 2.75) is 58.9 Å². The van der Waals surface area contributed by atoms with Gasteiger partial charge in [-0.25, -0.2) is 4.79 Å². The second kappa shape index (κ2) is 7.13. The number of carbonyl (C=O) groups excluding carboxylic acids is 1. The van der Waals surface area contributed by atoms with Crippen LogP contribution in [0.2, 0.25) is 0 Å². The van der Waals surface area contributed by atoms with Gasteiger partial charge in [0.1, 0.15) is 0 Å². The normalized spacial score (nSPS) is 20.5. The predicted octanol–water partition coefficient (Wildman–Crippen LogP) is 2.68. The Hall–Kier alpha value is -0.770. The Labute approximate surface area is 118 Å². The average Bonchev–Trinajstić information content (AvgIpc) is 2.44. The van der Waals surface area contributed by atoms with Crippen LogP contribution in [-0.4, -0.2) is 47.5 Å². The lowest BCUT2D eigenvalue weighted by Gasteiger charge is -2.45. The highest BCUT2D eigenvalue weighted by Gasteiger charge is 2.37. The van der Waals surface area contributed by atoms with Crippen molar-refractivity contribution in [2.24, 2.45) is 11.7 Å². The van der Waals surface area contributed by atoms with Crippen LogP contribution in [0.25, 0.3) is 0 Å². The standard InChI is InChI=1S/C15H31N3O/c1-5-15(6-2,12-16)18(7-3)14(19)17-10-8-9-13(4)11-17/h13H,5-12,16H2,1-4H3. The van der Waals surface area contributed by atoms with E-state index in [-0.39, 0.29) is 11.6 Å². The van der Waals surface area contributed by atoms with Gasteiger partial charge in [-0.3, -0.25) is 0 Å². The highest BCUT2D eigenvalue weighted by molar-refractivity contribution is 5.75. The highest BCUT2D eigenvalue weighted by Crippen LogP contribution is 2.26. The molecule has 1 heterocycles. The van der Waals surface area contributed by atoms with Crippen molar-refractivity contribution < 1.29 is 4.79 Å². The van der Waals surface area contributed by atoms with E-state index in [2.05, 4.69) is 27.7 Å². The second-order valence-corrected chi connectivity index (χ2v) is 5.86. The van der Waals surface area contributed by atoms with Gasteiger partial charge in [-0.05, 0) is 38.5 Å². The number of hydrogen-bond acceptors (Lipinski definition) is 2. The fraction of sp³-hybridized carbons (Fsp3) is 0.933. The zero-order chi connectivity index (χ0) is 14.5. The maximum absolute atomic E-state index is 12.8. The summed E-state index contributed by atoms with van der Waals surface area (Å²) < 4.78 is 0. The van der Waals surface area contributed by atoms with Crippen molar-refractivity contribution in [1.29, 1.82) is 0 Å². The molecule has 112 valence electrons. The molecule has 4 nitrogen and oxygen atoms in total. The summed E-state index contributed by atoms with van der Waals surface area (Å²) >= 11 is 0. The summed E-state index contributed by atoms with van der Waals surface area (Å²) in [7, 11) is 0. The van der Waals surface area contributed by atoms with Gasteiger partial charge >= 0.3 is 6.03 Å². The van der Waals surface area contributed by atoms with Crippen molar-refractivity contribution in [2.75, 3.05) is 26.2 Å². The molecule has 0 bridgehead atoms. The highest BCUT2D eigenvalue weighted by atomic mass is 16.2. The first kappa shape index (κ1) is 16.3. The number of rotatable bonds is 5. The van der Waals surface area contributed by atoms with Gasteiger partial charge in [-0.2, -0.15) is 0 Å². The second-order valence-electron chi connectivity index (χ2n) is 5.86. The van der Waals surface area contributed by atoms with E-state index in [1.54, 1.807) is 0 Å². The number of hydrogen-bond donors (Lipinski definition) is 1. The minimum absolute atomic E-state index is 0.174. The molecule has 1 aliphatic heterocycles. The van der Waals surface area contributed by atoms with Gasteiger partial charge in [0.2, 0.25) is 0 Å². The van der Waals surface area contributed by atoms with Crippen LogP contribution in [-0.2, 0) is 0 Å². The molecule has 0 aromatic heterocycles. The summed E-state index contributed by atoms with van der Waals surface area (Å²) in [5.41, 5.74) is 5.81. The molecule has 0 spiro atoms. The summed E-state index contributed by atoms with van der Waals surface area (Å²) in [6.45, 7) is 11.6. The van der Waals surface area contributed by atoms with Gasteiger partial charge in [0.05, 0.1) is 5.54 Å². The molecular weight excluding hydrogens is 238 g/mol. The number of nitrogens with zero attached hydrogens (tertiary/aromatic N) is 2. The molecule has 1 fully saturated rings. The van der Waals surface area contributed by atoms with Gasteiger partial charge in [0, 0.05) is 26.2 Å². The maximum atomic E-state index is 12.8. The van der Waals surface area contributed by atoms with Crippen LogP contribution in [0.5, 0.6) is 0 Å². The lowest BCUT2D eigenvalue weighted by Crippen LogP contribution is -2.60. The lowest BCUT2D eigenvalue weighted by molar-refractivity contribution is 0.0742. The molecule has 0 aromatic rings. The summed E-state index contributed by atoms with van der Waals surface area (Å²) in [4.78, 5) is 16.8. The topological polar surface area (TPSA) is 49.6 Å². The number of nitrogens with two attached hydrogens (primary N) is 1. The van der Waals surface area contributed by atoms with Gasteiger partial charge in [-0.15, -0.1) is 0 Å². The fourth-order valence-electron chi connectivity index (χ4n) is 3.24. The van der Waals surface area contributed by atoms with Crippen LogP contribution in [0.15, 0.2) is 0 Å². The average molecular weight is 269 g/mol. The minimum atomic E-state index is -0.174. The number of amides is 2. The number of carbonyl (C=O) groups is 1. The molecule has 4 heteroatoms. The summed E-state index contributed by atoms with van der Waals surface area (Å²) in [6, 6.07) is 0.184. The Bertz CT molecular complexity index is 281. The van der Waals surface area contributed by atoms with E-state index < -0.39 is 0 Å². The van der Waals surface area contributed by atoms with E-state index in [1.165, 1.54) is 6.42 Å². The van der Waals surface area contributed by atoms with Crippen molar-refractivity contribution in [3.63, 3.8) is 0 Å². The van der Waals surface area contributed by atoms with E-state index in [9.17, 15) is 4.79 Å². The lowest BCUT2D eigenvalue weighted by atomic mass is 9.90. The third-order valence-electron chi connectivity index (χ3n) is 4.74. The zero-order valence-corrected chi connectivity index (χ0v) is 13.1. The summed E-state index contributed by atoms with van der Waals surface area (Å²) in [5.74, 6) is 0.618. The van der Waals surface area contributed by atoms with Crippen LogP contribution in [0, 0.1) is 5.92 Å². The Kier molecular flexibility index (Phi) is 6.11. The molecule has 0 aromatic carbocycles. The number of piperidine rings is 1. The first-order valence-electron chi connectivity index (χ1n) is 7.81. The molecule has 0 radical (unpaired) electrons. The molecule has 1 saturated heterocycles. The Morgan fingerprint density at radius 2 is 2.00 bits per heavy atom. The molecule has 0 aliphatic carbocycles. The molecule has 0 saturated carbocycles. The summed E-state index contributed by atoms with van der Waals surface area (Å²) in [6.07, 6.45) is 4.20. The number of urea groups is 1. The van der Waals surface area contributed by atoms with E-state index >= 15 is 0 Å². The van der Waals surface area contributed by atoms with E-state index in [1.807, 2.05) is 9.80 Å². The van der Waals surface area contributed by atoms with E-state index in [4.69, 9.17) is 5.73 Å². The smallest absolute Gasteiger partial charge is 0.320 e. The van der Waals surface area contributed by atoms with Crippen molar-refractivity contribution in [3.05, 3.63) is 0 Å². The van der Waals surface area contributed by atoms with Gasteiger partial charge in [-0.1, -0.05) is 20.8 Å². The van der Waals surface area contributed by atoms with Crippen molar-refractivity contribution in [1.82, 2.24) is 9.80 Å². The van der Waals surface area contributed by atoms with Crippen molar-refractivity contribution in [3.8, 4) is 0 Å². The van der Waals surface area contributed by atoms with Gasteiger partial charge < -0.3 is 15.5 Å². The first-order chi connectivity index (χ1) is 9.04.